The van der Waals surface area contributed by atoms with Crippen LogP contribution in [0.15, 0.2) is 60.8 Å². The lowest BCUT2D eigenvalue weighted by atomic mass is 10.2. The summed E-state index contributed by atoms with van der Waals surface area (Å²) < 4.78 is 40.3. The molecular formula is C19H15ClF3N5O2. The Morgan fingerprint density at radius 1 is 1.00 bits per heavy atom. The Bertz CT molecular complexity index is 1010. The lowest BCUT2D eigenvalue weighted by Crippen LogP contribution is -2.20. The van der Waals surface area contributed by atoms with E-state index in [4.69, 9.17) is 11.6 Å². The summed E-state index contributed by atoms with van der Waals surface area (Å²) >= 11 is 5.80. The molecule has 0 aliphatic heterocycles. The van der Waals surface area contributed by atoms with Crippen molar-refractivity contribution in [1.29, 1.82) is 0 Å². The van der Waals surface area contributed by atoms with Gasteiger partial charge in [-0.05, 0) is 66.2 Å². The van der Waals surface area contributed by atoms with Crippen LogP contribution in [0.25, 0.3) is 0 Å². The van der Waals surface area contributed by atoms with Crippen molar-refractivity contribution in [3.05, 3.63) is 66.1 Å². The molecule has 3 aromatic rings. The number of benzene rings is 2. The van der Waals surface area contributed by atoms with E-state index in [2.05, 4.69) is 25.3 Å². The van der Waals surface area contributed by atoms with Crippen molar-refractivity contribution in [3.8, 4) is 5.75 Å². The summed E-state index contributed by atoms with van der Waals surface area (Å²) in [5, 5.41) is 5.28. The third-order valence-corrected chi connectivity index (χ3v) is 4.00. The largest absolute Gasteiger partial charge is 0.573 e. The summed E-state index contributed by atoms with van der Waals surface area (Å²) in [5.74, 6) is 0.226. The molecule has 0 aliphatic carbocycles. The molecule has 0 bridgehead atoms. The van der Waals surface area contributed by atoms with E-state index in [1.165, 1.54) is 12.1 Å². The van der Waals surface area contributed by atoms with Crippen LogP contribution in [-0.2, 0) is 0 Å². The second-order valence-electron chi connectivity index (χ2n) is 5.94. The number of carbonyl (C=O) groups is 1. The Labute approximate surface area is 174 Å². The lowest BCUT2D eigenvalue weighted by molar-refractivity contribution is -0.274. The average molecular weight is 438 g/mol. The van der Waals surface area contributed by atoms with E-state index in [1.54, 1.807) is 48.5 Å². The first-order valence-electron chi connectivity index (χ1n) is 8.46. The van der Waals surface area contributed by atoms with E-state index in [1.807, 2.05) is 0 Å². The molecule has 0 unspecified atom stereocenters. The molecule has 1 aromatic heterocycles. The van der Waals surface area contributed by atoms with Crippen LogP contribution in [0.2, 0.25) is 5.28 Å². The predicted molar refractivity (Wildman–Crippen MR) is 107 cm³/mol. The van der Waals surface area contributed by atoms with Crippen molar-refractivity contribution in [3.63, 3.8) is 0 Å². The van der Waals surface area contributed by atoms with Crippen LogP contribution in [0.1, 0.15) is 0 Å². The number of amides is 2. The number of hydrogen-bond acceptors (Lipinski definition) is 5. The number of hydrogen-bond donors (Lipinski definition) is 2. The SMILES string of the molecule is CN(c1ccc(NC(=O)Nc2ccc(OC(F)(F)F)cc2)cc1)c1ccnc(Cl)n1. The number of anilines is 4. The Morgan fingerprint density at radius 3 is 2.10 bits per heavy atom. The summed E-state index contributed by atoms with van der Waals surface area (Å²) in [6.07, 6.45) is -3.23. The van der Waals surface area contributed by atoms with E-state index >= 15 is 0 Å². The average Bonchev–Trinajstić information content (AvgIpc) is 2.68. The molecule has 0 radical (unpaired) electrons. The zero-order chi connectivity index (χ0) is 21.7. The predicted octanol–water partition coefficient (Wildman–Crippen LogP) is 5.44. The van der Waals surface area contributed by atoms with Crippen molar-refractivity contribution < 1.29 is 22.7 Å². The quantitative estimate of drug-likeness (QED) is 0.519. The van der Waals surface area contributed by atoms with Crippen LogP contribution in [0.4, 0.5) is 40.8 Å². The lowest BCUT2D eigenvalue weighted by Gasteiger charge is -2.18. The molecule has 0 atom stereocenters. The summed E-state index contributed by atoms with van der Waals surface area (Å²) in [5.41, 5.74) is 1.62. The fourth-order valence-corrected chi connectivity index (χ4v) is 2.59. The number of nitrogens with zero attached hydrogens (tertiary/aromatic N) is 3. The monoisotopic (exact) mass is 437 g/mol. The van der Waals surface area contributed by atoms with Gasteiger partial charge >= 0.3 is 12.4 Å². The number of nitrogens with one attached hydrogen (secondary N) is 2. The van der Waals surface area contributed by atoms with Crippen molar-refractivity contribution in [1.82, 2.24) is 9.97 Å². The summed E-state index contributed by atoms with van der Waals surface area (Å²) in [7, 11) is 1.81. The molecule has 2 amide bonds. The van der Waals surface area contributed by atoms with Crippen molar-refractivity contribution in [2.75, 3.05) is 22.6 Å². The minimum atomic E-state index is -4.77. The topological polar surface area (TPSA) is 79.4 Å². The Hall–Kier alpha value is -3.53. The minimum absolute atomic E-state index is 0.132. The minimum Gasteiger partial charge on any atom is -0.406 e. The molecule has 3 rings (SSSR count). The Balaban J connectivity index is 1.58. The number of urea groups is 1. The maximum absolute atomic E-state index is 12.2. The molecule has 0 fully saturated rings. The molecule has 7 nitrogen and oxygen atoms in total. The van der Waals surface area contributed by atoms with Gasteiger partial charge in [0.05, 0.1) is 0 Å². The molecule has 0 saturated heterocycles. The highest BCUT2D eigenvalue weighted by Gasteiger charge is 2.30. The molecule has 2 aromatic carbocycles. The van der Waals surface area contributed by atoms with Crippen molar-refractivity contribution >= 4 is 40.5 Å². The first kappa shape index (κ1) is 21.2. The van der Waals surface area contributed by atoms with Gasteiger partial charge in [0.1, 0.15) is 11.6 Å². The molecule has 0 saturated carbocycles. The molecule has 11 heteroatoms. The molecular weight excluding hydrogens is 423 g/mol. The molecule has 30 heavy (non-hydrogen) atoms. The van der Waals surface area contributed by atoms with Gasteiger partial charge in [-0.3, -0.25) is 0 Å². The zero-order valence-electron chi connectivity index (χ0n) is 15.4. The first-order valence-corrected chi connectivity index (χ1v) is 8.83. The van der Waals surface area contributed by atoms with Gasteiger partial charge < -0.3 is 20.3 Å². The maximum Gasteiger partial charge on any atom is 0.573 e. The number of carbonyl (C=O) groups excluding carboxylic acids is 1. The van der Waals surface area contributed by atoms with Gasteiger partial charge in [-0.25, -0.2) is 14.8 Å². The van der Waals surface area contributed by atoms with Gasteiger partial charge in [0.15, 0.2) is 0 Å². The third-order valence-electron chi connectivity index (χ3n) is 3.81. The third kappa shape index (κ3) is 5.98. The second kappa shape index (κ2) is 8.87. The van der Waals surface area contributed by atoms with E-state index in [0.29, 0.717) is 17.2 Å². The van der Waals surface area contributed by atoms with Gasteiger partial charge in [-0.2, -0.15) is 0 Å². The number of ether oxygens (including phenoxy) is 1. The summed E-state index contributed by atoms with van der Waals surface area (Å²) in [4.78, 5) is 21.8. The molecule has 156 valence electrons. The normalized spacial score (nSPS) is 11.0. The number of alkyl halides is 3. The fraction of sp³-hybridized carbons (Fsp3) is 0.105. The van der Waals surface area contributed by atoms with E-state index in [9.17, 15) is 18.0 Å². The number of rotatable bonds is 5. The van der Waals surface area contributed by atoms with Crippen molar-refractivity contribution in [2.45, 2.75) is 6.36 Å². The van der Waals surface area contributed by atoms with Crippen LogP contribution in [-0.4, -0.2) is 29.4 Å². The van der Waals surface area contributed by atoms with Gasteiger partial charge in [0.25, 0.3) is 0 Å². The van der Waals surface area contributed by atoms with E-state index in [0.717, 1.165) is 17.8 Å². The highest BCUT2D eigenvalue weighted by Crippen LogP contribution is 2.25. The molecule has 0 aliphatic rings. The van der Waals surface area contributed by atoms with Crippen LogP contribution in [0.3, 0.4) is 0 Å². The summed E-state index contributed by atoms with van der Waals surface area (Å²) in [6.45, 7) is 0. The second-order valence-corrected chi connectivity index (χ2v) is 6.28. The first-order chi connectivity index (χ1) is 14.2. The summed E-state index contributed by atoms with van der Waals surface area (Å²) in [6, 6.07) is 12.9. The molecule has 2 N–H and O–H groups in total. The number of aromatic nitrogens is 2. The van der Waals surface area contributed by atoms with Crippen LogP contribution in [0.5, 0.6) is 5.75 Å². The van der Waals surface area contributed by atoms with E-state index < -0.39 is 12.4 Å². The zero-order valence-corrected chi connectivity index (χ0v) is 16.2. The number of halogens is 4. The maximum atomic E-state index is 12.2. The van der Waals surface area contributed by atoms with Gasteiger partial charge in [-0.1, -0.05) is 0 Å². The molecule has 0 spiro atoms. The Kier molecular flexibility index (Phi) is 6.26. The van der Waals surface area contributed by atoms with Crippen LogP contribution < -0.4 is 20.3 Å². The highest BCUT2D eigenvalue weighted by molar-refractivity contribution is 6.28. The van der Waals surface area contributed by atoms with Crippen LogP contribution >= 0.6 is 11.6 Å². The van der Waals surface area contributed by atoms with Gasteiger partial charge in [0, 0.05) is 30.3 Å². The smallest absolute Gasteiger partial charge is 0.406 e. The van der Waals surface area contributed by atoms with Gasteiger partial charge in [0.2, 0.25) is 5.28 Å². The Morgan fingerprint density at radius 2 is 1.57 bits per heavy atom. The van der Waals surface area contributed by atoms with Crippen LogP contribution in [0, 0.1) is 0 Å². The fourth-order valence-electron chi connectivity index (χ4n) is 2.45. The van der Waals surface area contributed by atoms with E-state index in [-0.39, 0.29) is 11.0 Å². The standard InChI is InChI=1S/C19H15ClF3N5O2/c1-28(16-10-11-24-17(20)27-16)14-6-2-12(3-7-14)25-18(29)26-13-4-8-15(9-5-13)30-19(21,22)23/h2-11H,1H3,(H2,25,26,29). The van der Waals surface area contributed by atoms with Crippen molar-refractivity contribution in [2.24, 2.45) is 0 Å². The molecule has 1 heterocycles. The highest BCUT2D eigenvalue weighted by atomic mass is 35.5. The van der Waals surface area contributed by atoms with Gasteiger partial charge in [-0.15, -0.1) is 13.2 Å².